The monoisotopic (exact) mass is 597 g/mol. The van der Waals surface area contributed by atoms with Gasteiger partial charge in [-0.25, -0.2) is 10.2 Å². The third-order valence-electron chi connectivity index (χ3n) is 6.19. The molecule has 11 nitrogen and oxygen atoms in total. The van der Waals surface area contributed by atoms with Crippen LogP contribution in [-0.2, 0) is 0 Å². The number of carbonyl (C=O) groups excluding carboxylic acids is 3. The Morgan fingerprint density at radius 2 is 1.36 bits per heavy atom. The fourth-order valence-electron chi connectivity index (χ4n) is 4.04. The van der Waals surface area contributed by atoms with Gasteiger partial charge in [0, 0.05) is 16.8 Å². The average molecular weight is 598 g/mol. The van der Waals surface area contributed by atoms with E-state index in [0.717, 1.165) is 0 Å². The molecule has 11 heteroatoms. The summed E-state index contributed by atoms with van der Waals surface area (Å²) in [5.41, 5.74) is 4.66. The Morgan fingerprint density at radius 3 is 1.98 bits per heavy atom. The van der Waals surface area contributed by atoms with E-state index in [2.05, 4.69) is 15.8 Å². The van der Waals surface area contributed by atoms with Crippen LogP contribution in [0.2, 0.25) is 0 Å². The minimum Gasteiger partial charge on any atom is -0.493 e. The van der Waals surface area contributed by atoms with E-state index in [1.807, 2.05) is 6.07 Å². The number of carbonyl (C=O) groups is 3. The molecule has 226 valence electrons. The summed E-state index contributed by atoms with van der Waals surface area (Å²) in [4.78, 5) is 37.9. The molecule has 0 aliphatic heterocycles. The highest BCUT2D eigenvalue weighted by Gasteiger charge is 2.20. The van der Waals surface area contributed by atoms with Crippen LogP contribution in [-0.4, -0.2) is 51.9 Å². The van der Waals surface area contributed by atoms with E-state index in [1.165, 1.54) is 39.7 Å². The number of nitrogens with zero attached hydrogens (tertiary/aromatic N) is 1. The number of methoxy groups -OCH3 is 3. The summed E-state index contributed by atoms with van der Waals surface area (Å²) >= 11 is 0. The number of hydrazone groups is 1. The van der Waals surface area contributed by atoms with Crippen molar-refractivity contribution in [3.63, 3.8) is 0 Å². The van der Waals surface area contributed by atoms with Crippen molar-refractivity contribution in [2.24, 2.45) is 5.10 Å². The third kappa shape index (κ3) is 7.71. The van der Waals surface area contributed by atoms with Crippen LogP contribution in [0.3, 0.4) is 0 Å². The van der Waals surface area contributed by atoms with Gasteiger partial charge in [0.05, 0.1) is 39.7 Å². The lowest BCUT2D eigenvalue weighted by Crippen LogP contribution is -2.18. The molecule has 44 heavy (non-hydrogen) atoms. The van der Waals surface area contributed by atoms with Gasteiger partial charge in [0.25, 0.3) is 11.8 Å². The van der Waals surface area contributed by atoms with Gasteiger partial charge in [-0.3, -0.25) is 9.59 Å². The number of hydrogen-bond donors (Lipinski definition) is 2. The lowest BCUT2D eigenvalue weighted by atomic mass is 10.1. The minimum atomic E-state index is -0.662. The molecule has 0 saturated heterocycles. The van der Waals surface area contributed by atoms with Crippen LogP contribution in [0, 0.1) is 0 Å². The van der Waals surface area contributed by atoms with Gasteiger partial charge >= 0.3 is 5.97 Å². The molecule has 0 heterocycles. The highest BCUT2D eigenvalue weighted by molar-refractivity contribution is 6.04. The van der Waals surface area contributed by atoms with Gasteiger partial charge in [0.2, 0.25) is 5.75 Å². The maximum atomic E-state index is 13.0. The number of hydrogen-bond acceptors (Lipinski definition) is 9. The molecule has 4 aromatic rings. The molecule has 0 spiro atoms. The van der Waals surface area contributed by atoms with E-state index in [-0.39, 0.29) is 17.2 Å². The fourth-order valence-corrected chi connectivity index (χ4v) is 4.04. The second kappa shape index (κ2) is 14.9. The van der Waals surface area contributed by atoms with Gasteiger partial charge in [0.1, 0.15) is 0 Å². The average Bonchev–Trinajstić information content (AvgIpc) is 3.05. The first-order valence-corrected chi connectivity index (χ1v) is 13.5. The summed E-state index contributed by atoms with van der Waals surface area (Å²) in [6.07, 6.45) is 1.43. The number of amides is 2. The van der Waals surface area contributed by atoms with Crippen LogP contribution in [0.25, 0.3) is 0 Å². The number of esters is 1. The van der Waals surface area contributed by atoms with Gasteiger partial charge in [0.15, 0.2) is 23.0 Å². The van der Waals surface area contributed by atoms with E-state index in [0.29, 0.717) is 52.0 Å². The van der Waals surface area contributed by atoms with Crippen molar-refractivity contribution in [1.82, 2.24) is 5.43 Å². The molecule has 0 radical (unpaired) electrons. The summed E-state index contributed by atoms with van der Waals surface area (Å²) in [5, 5.41) is 6.81. The van der Waals surface area contributed by atoms with Crippen molar-refractivity contribution in [3.05, 3.63) is 107 Å². The Balaban J connectivity index is 1.40. The predicted octanol–water partition coefficient (Wildman–Crippen LogP) is 5.35. The molecular formula is C33H31N3O8. The molecule has 4 aromatic carbocycles. The summed E-state index contributed by atoms with van der Waals surface area (Å²) in [5.74, 6) is 0.101. The highest BCUT2D eigenvalue weighted by Crippen LogP contribution is 2.39. The Morgan fingerprint density at radius 1 is 0.705 bits per heavy atom. The molecule has 0 aliphatic carbocycles. The van der Waals surface area contributed by atoms with Crippen LogP contribution in [0.4, 0.5) is 5.69 Å². The number of ether oxygens (including phenoxy) is 5. The predicted molar refractivity (Wildman–Crippen MR) is 165 cm³/mol. The SMILES string of the molecule is CCOc1cc(/C=N/NC(=O)c2ccc(NC(=O)c3ccccc3)cc2)ccc1OC(=O)c1cc(OC)c(OC)c(OC)c1. The molecule has 0 saturated carbocycles. The summed E-state index contributed by atoms with van der Waals surface area (Å²) in [7, 11) is 4.37. The smallest absolute Gasteiger partial charge is 0.343 e. The third-order valence-corrected chi connectivity index (χ3v) is 6.19. The van der Waals surface area contributed by atoms with Crippen LogP contribution in [0.5, 0.6) is 28.7 Å². The van der Waals surface area contributed by atoms with E-state index in [1.54, 1.807) is 73.7 Å². The van der Waals surface area contributed by atoms with Crippen LogP contribution < -0.4 is 34.4 Å². The molecule has 0 aromatic heterocycles. The zero-order valence-electron chi connectivity index (χ0n) is 24.6. The Hall–Kier alpha value is -5.84. The minimum absolute atomic E-state index is 0.182. The molecule has 0 atom stereocenters. The maximum Gasteiger partial charge on any atom is 0.343 e. The Labute approximate surface area is 254 Å². The number of anilines is 1. The highest BCUT2D eigenvalue weighted by atomic mass is 16.6. The molecule has 0 unspecified atom stereocenters. The van der Waals surface area contributed by atoms with Gasteiger partial charge in [-0.1, -0.05) is 18.2 Å². The van der Waals surface area contributed by atoms with E-state index >= 15 is 0 Å². The van der Waals surface area contributed by atoms with Crippen molar-refractivity contribution in [3.8, 4) is 28.7 Å². The standard InChI is InChI=1S/C33H31N3O8/c1-5-43-27-17-21(11-16-26(27)44-33(39)24-18-28(40-2)30(42-4)29(19-24)41-3)20-34-36-32(38)23-12-14-25(15-13-23)35-31(37)22-9-7-6-8-10-22/h6-20H,5H2,1-4H3,(H,35,37)(H,36,38)/b34-20+. The van der Waals surface area contributed by atoms with Crippen molar-refractivity contribution >= 4 is 29.7 Å². The Kier molecular flexibility index (Phi) is 10.5. The first kappa shape index (κ1) is 31.1. The largest absolute Gasteiger partial charge is 0.493 e. The zero-order valence-corrected chi connectivity index (χ0v) is 24.6. The van der Waals surface area contributed by atoms with Gasteiger partial charge in [-0.2, -0.15) is 5.10 Å². The van der Waals surface area contributed by atoms with Crippen molar-refractivity contribution < 1.29 is 38.1 Å². The maximum absolute atomic E-state index is 13.0. The molecule has 0 fully saturated rings. The number of benzene rings is 4. The van der Waals surface area contributed by atoms with Crippen molar-refractivity contribution in [2.45, 2.75) is 6.92 Å². The van der Waals surface area contributed by atoms with E-state index in [4.69, 9.17) is 23.7 Å². The lowest BCUT2D eigenvalue weighted by Gasteiger charge is -2.15. The topological polar surface area (TPSA) is 134 Å². The van der Waals surface area contributed by atoms with Gasteiger partial charge in [-0.05, 0) is 79.2 Å². The number of nitrogens with one attached hydrogen (secondary N) is 2. The fraction of sp³-hybridized carbons (Fsp3) is 0.152. The van der Waals surface area contributed by atoms with E-state index < -0.39 is 11.9 Å². The molecule has 2 amide bonds. The van der Waals surface area contributed by atoms with Crippen LogP contribution in [0.15, 0.2) is 90.0 Å². The first-order chi connectivity index (χ1) is 21.4. The summed E-state index contributed by atoms with van der Waals surface area (Å²) in [6, 6.07) is 23.1. The zero-order chi connectivity index (χ0) is 31.5. The quantitative estimate of drug-likeness (QED) is 0.0967. The summed E-state index contributed by atoms with van der Waals surface area (Å²) in [6.45, 7) is 2.11. The first-order valence-electron chi connectivity index (χ1n) is 13.5. The Bertz CT molecular complexity index is 1630. The second-order valence-corrected chi connectivity index (χ2v) is 9.04. The van der Waals surface area contributed by atoms with Crippen LogP contribution >= 0.6 is 0 Å². The molecular weight excluding hydrogens is 566 g/mol. The normalized spacial score (nSPS) is 10.5. The molecule has 0 bridgehead atoms. The van der Waals surface area contributed by atoms with Crippen LogP contribution in [0.1, 0.15) is 43.6 Å². The van der Waals surface area contributed by atoms with Crippen molar-refractivity contribution in [1.29, 1.82) is 0 Å². The van der Waals surface area contributed by atoms with Gasteiger partial charge in [-0.15, -0.1) is 0 Å². The molecule has 0 aliphatic rings. The second-order valence-electron chi connectivity index (χ2n) is 9.04. The van der Waals surface area contributed by atoms with Gasteiger partial charge < -0.3 is 29.0 Å². The molecule has 4 rings (SSSR count). The van der Waals surface area contributed by atoms with E-state index in [9.17, 15) is 14.4 Å². The summed E-state index contributed by atoms with van der Waals surface area (Å²) < 4.78 is 27.2. The molecule has 2 N–H and O–H groups in total. The van der Waals surface area contributed by atoms with Crippen molar-refractivity contribution in [2.75, 3.05) is 33.3 Å². The number of rotatable bonds is 12. The lowest BCUT2D eigenvalue weighted by molar-refractivity contribution is 0.0727.